The van der Waals surface area contributed by atoms with Gasteiger partial charge in [0.25, 0.3) is 5.91 Å². The quantitative estimate of drug-likeness (QED) is 0.0618. The topological polar surface area (TPSA) is 202 Å². The second-order valence-electron chi connectivity index (χ2n) is 18.8. The van der Waals surface area contributed by atoms with Crippen molar-refractivity contribution in [3.8, 4) is 0 Å². The molecule has 6 aromatic carbocycles. The first kappa shape index (κ1) is 59.3. The van der Waals surface area contributed by atoms with E-state index in [9.17, 15) is 32.3 Å². The molecule has 6 aromatic rings. The number of amides is 3. The standard InChI is InChI=1S/C19H18FN3O2.C13H12FN.C12H18BNO2.C7H6BrF.C6H8N2O3/c1-23-18(24)10-9-17(22-23)19(25)21-16-7-5-13(6-8-16)11-14-3-2-4-15(20)12-14;14-12-3-1-2-11(9-12)8-10-4-6-13(15)7-5-10;1-11(2)12(3,4)16-13(15-11)9-5-7-10(14)8-6-9;8-5-6-2-1-3-7(9)4-6;1-8-5(9)3-2-4(7-8)6(10)11/h2-8,12H,9-11H2,1H3,(H,21,25);1-7,9H,8,15H2;5-8H,14H2,1-4H3;1-4H,5H2;2-3H2,1H3,(H,10,11). The van der Waals surface area contributed by atoms with Crippen LogP contribution in [0.1, 0.15) is 81.2 Å². The Balaban J connectivity index is 0.000000184. The Kier molecular flexibility index (Phi) is 21.7. The highest BCUT2D eigenvalue weighted by atomic mass is 79.9. The van der Waals surface area contributed by atoms with Crippen molar-refractivity contribution in [3.63, 3.8) is 0 Å². The number of hydrazone groups is 2. The van der Waals surface area contributed by atoms with E-state index in [1.807, 2.05) is 107 Å². The third kappa shape index (κ3) is 18.6. The summed E-state index contributed by atoms with van der Waals surface area (Å²) in [5, 5.41) is 21.8. The van der Waals surface area contributed by atoms with Gasteiger partial charge < -0.3 is 31.2 Å². The largest absolute Gasteiger partial charge is 0.494 e. The van der Waals surface area contributed by atoms with Gasteiger partial charge in [0, 0.05) is 62.2 Å². The van der Waals surface area contributed by atoms with Crippen molar-refractivity contribution in [1.29, 1.82) is 0 Å². The van der Waals surface area contributed by atoms with Gasteiger partial charge in [0.2, 0.25) is 11.8 Å². The summed E-state index contributed by atoms with van der Waals surface area (Å²) in [4.78, 5) is 44.7. The van der Waals surface area contributed by atoms with E-state index >= 15 is 0 Å². The summed E-state index contributed by atoms with van der Waals surface area (Å²) in [6, 6.07) is 42.3. The average Bonchev–Trinajstić information content (AvgIpc) is 3.60. The summed E-state index contributed by atoms with van der Waals surface area (Å²) >= 11 is 3.22. The number of carbonyl (C=O) groups excluding carboxylic acids is 3. The van der Waals surface area contributed by atoms with Gasteiger partial charge in [-0.1, -0.05) is 88.7 Å². The molecule has 14 nitrogen and oxygen atoms in total. The molecule has 0 bridgehead atoms. The number of hydrogen-bond donors (Lipinski definition) is 4. The van der Waals surface area contributed by atoms with Crippen LogP contribution < -0.4 is 22.2 Å². The summed E-state index contributed by atoms with van der Waals surface area (Å²) in [6.07, 6.45) is 2.45. The van der Waals surface area contributed by atoms with Gasteiger partial charge in [0.1, 0.15) is 28.9 Å². The maximum atomic E-state index is 13.2. The van der Waals surface area contributed by atoms with Crippen LogP contribution in [-0.4, -0.2) is 82.7 Å². The fourth-order valence-corrected chi connectivity index (χ4v) is 7.57. The zero-order valence-corrected chi connectivity index (χ0v) is 44.8. The number of benzene rings is 6. The molecule has 3 amide bonds. The first-order chi connectivity index (χ1) is 36.0. The van der Waals surface area contributed by atoms with Gasteiger partial charge in [0.15, 0.2) is 0 Å². The summed E-state index contributed by atoms with van der Waals surface area (Å²) in [5.74, 6) is -2.22. The SMILES string of the molecule is CC1(C)OB(c2ccc(N)cc2)OC1(C)C.CN1N=C(C(=O)Nc2ccc(Cc3cccc(F)c3)cc2)CCC1=O.CN1N=C(C(=O)O)CCC1=O.Fc1cccc(CBr)c1.Nc1ccc(Cc2cccc(F)c2)cc1. The van der Waals surface area contributed by atoms with Crippen LogP contribution in [-0.2, 0) is 46.7 Å². The van der Waals surface area contributed by atoms with Crippen LogP contribution in [0, 0.1) is 17.5 Å². The van der Waals surface area contributed by atoms with Crippen molar-refractivity contribution in [3.05, 3.63) is 191 Å². The highest BCUT2D eigenvalue weighted by Gasteiger charge is 2.51. The van der Waals surface area contributed by atoms with Gasteiger partial charge in [-0.25, -0.2) is 28.0 Å². The minimum absolute atomic E-state index is 0.0482. The third-order valence-electron chi connectivity index (χ3n) is 12.2. The van der Waals surface area contributed by atoms with Crippen molar-refractivity contribution in [2.24, 2.45) is 10.2 Å². The molecule has 3 heterocycles. The molecule has 398 valence electrons. The molecular formula is C57H62BBrF3N7O7. The number of hydrogen-bond acceptors (Lipinski definition) is 10. The number of anilines is 3. The molecule has 0 aromatic heterocycles. The van der Waals surface area contributed by atoms with Crippen LogP contribution in [0.15, 0.2) is 156 Å². The van der Waals surface area contributed by atoms with Crippen molar-refractivity contribution in [2.45, 2.75) is 82.8 Å². The van der Waals surface area contributed by atoms with E-state index in [0.717, 1.165) is 56.1 Å². The van der Waals surface area contributed by atoms with Gasteiger partial charge in [-0.15, -0.1) is 0 Å². The Morgan fingerprint density at radius 2 is 1.00 bits per heavy atom. The predicted molar refractivity (Wildman–Crippen MR) is 296 cm³/mol. The van der Waals surface area contributed by atoms with Crippen molar-refractivity contribution in [1.82, 2.24) is 10.0 Å². The normalized spacial score (nSPS) is 15.2. The zero-order chi connectivity index (χ0) is 55.6. The first-order valence-electron chi connectivity index (χ1n) is 24.2. The number of carbonyl (C=O) groups is 4. The van der Waals surface area contributed by atoms with Gasteiger partial charge in [-0.05, 0) is 147 Å². The van der Waals surface area contributed by atoms with Crippen LogP contribution in [0.25, 0.3) is 0 Å². The van der Waals surface area contributed by atoms with E-state index in [4.69, 9.17) is 25.9 Å². The minimum atomic E-state index is -1.05. The Morgan fingerprint density at radius 1 is 0.605 bits per heavy atom. The number of nitrogens with zero attached hydrogens (tertiary/aromatic N) is 4. The maximum Gasteiger partial charge on any atom is 0.494 e. The van der Waals surface area contributed by atoms with Gasteiger partial charge in [0.05, 0.1) is 11.2 Å². The summed E-state index contributed by atoms with van der Waals surface area (Å²) in [5.41, 5.74) is 19.2. The van der Waals surface area contributed by atoms with Crippen LogP contribution >= 0.6 is 15.9 Å². The fourth-order valence-electron chi connectivity index (χ4n) is 7.22. The van der Waals surface area contributed by atoms with Crippen LogP contribution in [0.2, 0.25) is 0 Å². The maximum absolute atomic E-state index is 13.2. The number of rotatable bonds is 9. The van der Waals surface area contributed by atoms with Crippen LogP contribution in [0.4, 0.5) is 30.2 Å². The van der Waals surface area contributed by atoms with Crippen molar-refractivity contribution < 1.29 is 46.8 Å². The van der Waals surface area contributed by atoms with Crippen LogP contribution in [0.3, 0.4) is 0 Å². The number of carboxylic acid groups (broad SMARTS) is 1. The molecule has 0 atom stereocenters. The number of carboxylic acids is 1. The van der Waals surface area contributed by atoms with Crippen molar-refractivity contribution in [2.75, 3.05) is 30.9 Å². The molecule has 9 rings (SSSR count). The Labute approximate surface area is 450 Å². The number of nitrogens with one attached hydrogen (secondary N) is 1. The number of aliphatic carboxylic acids is 1. The Hall–Kier alpha value is -7.61. The molecule has 1 fully saturated rings. The first-order valence-corrected chi connectivity index (χ1v) is 25.3. The number of halogens is 4. The molecule has 0 unspecified atom stereocenters. The molecule has 0 saturated carbocycles. The molecule has 1 saturated heterocycles. The highest BCUT2D eigenvalue weighted by molar-refractivity contribution is 9.08. The Bertz CT molecular complexity index is 2980. The summed E-state index contributed by atoms with van der Waals surface area (Å²) < 4.78 is 50.3. The fraction of sp³-hybridized carbons (Fsp3) is 0.263. The van der Waals surface area contributed by atoms with E-state index in [-0.39, 0.29) is 78.5 Å². The predicted octanol–water partition coefficient (Wildman–Crippen LogP) is 9.93. The number of nitrogen functional groups attached to an aromatic ring is 2. The van der Waals surface area contributed by atoms with Crippen molar-refractivity contribution >= 4 is 80.7 Å². The third-order valence-corrected chi connectivity index (χ3v) is 12.9. The smallest absolute Gasteiger partial charge is 0.477 e. The van der Waals surface area contributed by atoms with Crippen LogP contribution in [0.5, 0.6) is 0 Å². The lowest BCUT2D eigenvalue weighted by molar-refractivity contribution is -0.132. The molecular weight excluding hydrogens is 1040 g/mol. The van der Waals surface area contributed by atoms with E-state index in [0.29, 0.717) is 29.6 Å². The highest BCUT2D eigenvalue weighted by Crippen LogP contribution is 2.36. The monoisotopic (exact) mass is 1100 g/mol. The van der Waals surface area contributed by atoms with Gasteiger partial charge in [-0.3, -0.25) is 14.4 Å². The molecule has 3 aliphatic rings. The molecule has 0 aliphatic carbocycles. The second-order valence-corrected chi connectivity index (χ2v) is 19.3. The summed E-state index contributed by atoms with van der Waals surface area (Å²) in [6.45, 7) is 8.18. The molecule has 76 heavy (non-hydrogen) atoms. The van der Waals surface area contributed by atoms with E-state index < -0.39 is 5.97 Å². The molecule has 19 heteroatoms. The summed E-state index contributed by atoms with van der Waals surface area (Å²) in [7, 11) is 2.69. The van der Waals surface area contributed by atoms with E-state index in [1.54, 1.807) is 36.4 Å². The van der Waals surface area contributed by atoms with Gasteiger partial charge >= 0.3 is 13.1 Å². The molecule has 3 aliphatic heterocycles. The minimum Gasteiger partial charge on any atom is -0.477 e. The zero-order valence-electron chi connectivity index (χ0n) is 43.2. The van der Waals surface area contributed by atoms with E-state index in [1.165, 1.54) is 49.4 Å². The molecule has 0 radical (unpaired) electrons. The lowest BCUT2D eigenvalue weighted by Crippen LogP contribution is -2.41. The Morgan fingerprint density at radius 3 is 1.41 bits per heavy atom. The number of nitrogens with two attached hydrogens (primary N) is 2. The lowest BCUT2D eigenvalue weighted by atomic mass is 9.79. The second kappa shape index (κ2) is 27.8. The lowest BCUT2D eigenvalue weighted by Gasteiger charge is -2.32. The number of alkyl halides is 1. The molecule has 0 spiro atoms. The van der Waals surface area contributed by atoms with E-state index in [2.05, 4.69) is 31.4 Å². The average molecular weight is 1100 g/mol. The van der Waals surface area contributed by atoms with Gasteiger partial charge in [-0.2, -0.15) is 10.2 Å². The molecule has 6 N–H and O–H groups in total.